The second-order valence-electron chi connectivity index (χ2n) is 14.6. The smallest absolute Gasteiger partial charge is 0.454 e. The van der Waals surface area contributed by atoms with E-state index in [1.165, 1.54) is 12.1 Å². The van der Waals surface area contributed by atoms with E-state index >= 15 is 0 Å². The summed E-state index contributed by atoms with van der Waals surface area (Å²) < 4.78 is 53.9. The quantitative estimate of drug-likeness (QED) is 0.130. The highest BCUT2D eigenvalue weighted by Crippen LogP contribution is 2.44. The van der Waals surface area contributed by atoms with Crippen LogP contribution in [0.3, 0.4) is 0 Å². The lowest BCUT2D eigenvalue weighted by molar-refractivity contribution is -0.0885. The van der Waals surface area contributed by atoms with Gasteiger partial charge in [0.15, 0.2) is 0 Å². The molecule has 3 aromatic carbocycles. The summed E-state index contributed by atoms with van der Waals surface area (Å²) in [6.07, 6.45) is -5.03. The zero-order valence-corrected chi connectivity index (χ0v) is 30.5. The van der Waals surface area contributed by atoms with Gasteiger partial charge in [-0.25, -0.2) is 0 Å². The van der Waals surface area contributed by atoms with Gasteiger partial charge in [0.05, 0.1) is 11.4 Å². The molecule has 244 valence electrons. The van der Waals surface area contributed by atoms with E-state index in [1.54, 1.807) is 24.3 Å². The molecule has 0 aliphatic rings. The highest BCUT2D eigenvalue weighted by molar-refractivity contribution is 6.75. The highest BCUT2D eigenvalue weighted by atomic mass is 28.4. The minimum absolute atomic E-state index is 0.107. The monoisotopic (exact) mass is 657 g/mol. The predicted octanol–water partition coefficient (Wildman–Crippen LogP) is 11.3. The van der Waals surface area contributed by atoms with Crippen LogP contribution >= 0.6 is 0 Å². The van der Waals surface area contributed by atoms with E-state index in [0.717, 1.165) is 11.8 Å². The van der Waals surface area contributed by atoms with Crippen LogP contribution in [0.25, 0.3) is 11.1 Å². The Balaban J connectivity index is 2.26. The molecule has 0 fully saturated rings. The van der Waals surface area contributed by atoms with Gasteiger partial charge in [0.2, 0.25) is 16.6 Å². The number of anilines is 1. The predicted molar refractivity (Wildman–Crippen MR) is 183 cm³/mol. The molecule has 0 aliphatic heterocycles. The Bertz CT molecular complexity index is 1510. The normalized spacial score (nSPS) is 13.2. The van der Waals surface area contributed by atoms with Crippen LogP contribution in [0.2, 0.25) is 36.3 Å². The second kappa shape index (κ2) is 12.7. The van der Waals surface area contributed by atoms with Crippen LogP contribution < -0.4 is 13.8 Å². The fourth-order valence-corrected chi connectivity index (χ4v) is 5.86. The van der Waals surface area contributed by atoms with Crippen LogP contribution in [-0.2, 0) is 0 Å². The molecule has 0 unspecified atom stereocenters. The van der Waals surface area contributed by atoms with Crippen LogP contribution in [0.5, 0.6) is 11.5 Å². The molecule has 0 aromatic heterocycles. The molecule has 0 saturated heterocycles. The number of alkyl halides is 3. The zero-order chi connectivity index (χ0) is 34.2. The molecule has 0 aliphatic carbocycles. The van der Waals surface area contributed by atoms with Crippen molar-refractivity contribution in [2.75, 3.05) is 19.0 Å². The largest absolute Gasteiger partial charge is 0.543 e. The number of benzene rings is 3. The van der Waals surface area contributed by atoms with E-state index < -0.39 is 34.2 Å². The number of nitrogens with zero attached hydrogens (tertiary/aromatic N) is 3. The molecular formula is C34H46F3N3O3Si2. The minimum Gasteiger partial charge on any atom is -0.543 e. The van der Waals surface area contributed by atoms with Crippen LogP contribution in [0.1, 0.15) is 51.9 Å². The molecule has 0 spiro atoms. The lowest BCUT2D eigenvalue weighted by Gasteiger charge is -2.38. The SMILES string of the molecule is CN(C)c1ccc(N=Nc2ccc(C(=O)C(F)(F)F)cc2-c2cc(O[Si](C)(C)C(C)(C)C)cc(O[Si](C)(C)C(C)(C)C)c2)cc1. The summed E-state index contributed by atoms with van der Waals surface area (Å²) in [7, 11) is -0.781. The van der Waals surface area contributed by atoms with Crippen LogP contribution in [0, 0.1) is 0 Å². The van der Waals surface area contributed by atoms with Gasteiger partial charge < -0.3 is 13.8 Å². The number of azo groups is 1. The Hall–Kier alpha value is -3.45. The Labute approximate surface area is 267 Å². The maximum absolute atomic E-state index is 13.5. The fraction of sp³-hybridized carbons (Fsp3) is 0.441. The average molecular weight is 658 g/mol. The van der Waals surface area contributed by atoms with Crippen molar-refractivity contribution in [1.82, 2.24) is 0 Å². The van der Waals surface area contributed by atoms with Gasteiger partial charge in [-0.15, -0.1) is 5.11 Å². The number of carbonyl (C=O) groups excluding carboxylic acids is 1. The molecule has 0 radical (unpaired) electrons. The Morgan fingerprint density at radius 3 is 1.62 bits per heavy atom. The standard InChI is InChI=1S/C34H46F3N3O3Si2/c1-32(2,3)44(9,10)42-27-19-24(20-28(22-27)43-45(11,12)33(4,5)6)29-21-23(31(41)34(35,36)37)13-18-30(29)39-38-25-14-16-26(17-15-25)40(7)8/h13-22H,1-12H3. The first kappa shape index (κ1) is 36.0. The Morgan fingerprint density at radius 2 is 1.20 bits per heavy atom. The van der Waals surface area contributed by atoms with Crippen molar-refractivity contribution in [1.29, 1.82) is 0 Å². The van der Waals surface area contributed by atoms with Crippen molar-refractivity contribution in [2.24, 2.45) is 10.2 Å². The topological polar surface area (TPSA) is 63.5 Å². The highest BCUT2D eigenvalue weighted by Gasteiger charge is 2.41. The minimum atomic E-state index is -5.03. The lowest BCUT2D eigenvalue weighted by atomic mass is 9.98. The first-order chi connectivity index (χ1) is 20.4. The third kappa shape index (κ3) is 8.84. The van der Waals surface area contributed by atoms with Crippen LogP contribution in [-0.4, -0.2) is 42.7 Å². The molecule has 3 aromatic rings. The molecule has 6 nitrogen and oxygen atoms in total. The van der Waals surface area contributed by atoms with Gasteiger partial charge in [0, 0.05) is 37.0 Å². The van der Waals surface area contributed by atoms with Crippen molar-refractivity contribution < 1.29 is 26.8 Å². The summed E-state index contributed by atoms with van der Waals surface area (Å²) in [6.45, 7) is 21.3. The molecule has 0 N–H and O–H groups in total. The summed E-state index contributed by atoms with van der Waals surface area (Å²) in [5.74, 6) is -0.844. The van der Waals surface area contributed by atoms with Crippen molar-refractivity contribution >= 4 is 39.5 Å². The number of ketones is 1. The number of carbonyl (C=O) groups is 1. The number of hydrogen-bond donors (Lipinski definition) is 0. The molecule has 0 heterocycles. The average Bonchev–Trinajstić information content (AvgIpc) is 2.89. The summed E-state index contributed by atoms with van der Waals surface area (Å²) in [5, 5.41) is 8.58. The van der Waals surface area contributed by atoms with Gasteiger partial charge in [0.1, 0.15) is 11.5 Å². The summed E-state index contributed by atoms with van der Waals surface area (Å²) >= 11 is 0. The third-order valence-electron chi connectivity index (χ3n) is 8.70. The van der Waals surface area contributed by atoms with Crippen molar-refractivity contribution in [2.45, 2.75) is 84.0 Å². The maximum Gasteiger partial charge on any atom is 0.454 e. The molecule has 3 rings (SSSR count). The van der Waals surface area contributed by atoms with Crippen LogP contribution in [0.4, 0.5) is 30.2 Å². The van der Waals surface area contributed by atoms with Gasteiger partial charge in [-0.2, -0.15) is 18.3 Å². The third-order valence-corrected chi connectivity index (χ3v) is 17.4. The number of halogens is 3. The number of Topliss-reactive ketones (excluding diaryl/α,β-unsaturated/α-hetero) is 1. The van der Waals surface area contributed by atoms with Gasteiger partial charge in [-0.1, -0.05) is 41.5 Å². The maximum atomic E-state index is 13.5. The zero-order valence-electron chi connectivity index (χ0n) is 28.5. The molecule has 45 heavy (non-hydrogen) atoms. The van der Waals surface area contributed by atoms with E-state index in [4.69, 9.17) is 8.85 Å². The molecule has 11 heteroatoms. The van der Waals surface area contributed by atoms with E-state index in [2.05, 4.69) is 78.0 Å². The van der Waals surface area contributed by atoms with E-state index in [0.29, 0.717) is 34.0 Å². The summed E-state index contributed by atoms with van der Waals surface area (Å²) in [5.41, 5.74) is 2.17. The van der Waals surface area contributed by atoms with Gasteiger partial charge in [-0.05, 0) is 96.4 Å². The number of rotatable bonds is 9. The van der Waals surface area contributed by atoms with E-state index in [-0.39, 0.29) is 10.1 Å². The first-order valence-corrected chi connectivity index (χ1v) is 20.7. The lowest BCUT2D eigenvalue weighted by Crippen LogP contribution is -2.44. The second-order valence-corrected chi connectivity index (χ2v) is 24.0. The van der Waals surface area contributed by atoms with Crippen LogP contribution in [0.15, 0.2) is 70.9 Å². The van der Waals surface area contributed by atoms with Gasteiger partial charge >= 0.3 is 6.18 Å². The summed E-state index contributed by atoms with van der Waals surface area (Å²) in [4.78, 5) is 14.3. The fourth-order valence-electron chi connectivity index (χ4n) is 3.83. The molecule has 0 saturated carbocycles. The van der Waals surface area contributed by atoms with Gasteiger partial charge in [0.25, 0.3) is 5.78 Å². The molecule has 0 bridgehead atoms. The number of hydrogen-bond acceptors (Lipinski definition) is 6. The van der Waals surface area contributed by atoms with Crippen molar-refractivity contribution in [3.8, 4) is 22.6 Å². The van der Waals surface area contributed by atoms with Gasteiger partial charge in [-0.3, -0.25) is 4.79 Å². The summed E-state index contributed by atoms with van der Waals surface area (Å²) in [6, 6.07) is 16.6. The Kier molecular flexibility index (Phi) is 10.2. The van der Waals surface area contributed by atoms with Crippen molar-refractivity contribution in [3.63, 3.8) is 0 Å². The Morgan fingerprint density at radius 1 is 0.711 bits per heavy atom. The molecular weight excluding hydrogens is 612 g/mol. The molecule has 0 atom stereocenters. The first-order valence-electron chi connectivity index (χ1n) is 14.9. The van der Waals surface area contributed by atoms with Crippen molar-refractivity contribution in [3.05, 3.63) is 66.2 Å². The van der Waals surface area contributed by atoms with E-state index in [9.17, 15) is 18.0 Å². The van der Waals surface area contributed by atoms with E-state index in [1.807, 2.05) is 37.2 Å². The molecule has 0 amide bonds.